The van der Waals surface area contributed by atoms with Crippen molar-refractivity contribution in [3.8, 4) is 0 Å². The van der Waals surface area contributed by atoms with Crippen LogP contribution in [0.5, 0.6) is 0 Å². The Morgan fingerprint density at radius 2 is 1.82 bits per heavy atom. The first-order chi connectivity index (χ1) is 4.99. The first-order valence-electron chi connectivity index (χ1n) is 3.89. The third-order valence-corrected chi connectivity index (χ3v) is 1.14. The highest BCUT2D eigenvalue weighted by molar-refractivity contribution is 5.13. The molecule has 0 aromatic heterocycles. The van der Waals surface area contributed by atoms with Crippen LogP contribution in [0.25, 0.3) is 0 Å². The van der Waals surface area contributed by atoms with Crippen LogP contribution in [-0.2, 0) is 4.74 Å². The molecule has 0 saturated carbocycles. The summed E-state index contributed by atoms with van der Waals surface area (Å²) in [6.07, 6.45) is 6.04. The van der Waals surface area contributed by atoms with Crippen LogP contribution >= 0.6 is 0 Å². The summed E-state index contributed by atoms with van der Waals surface area (Å²) < 4.78 is 5.14. The molecule has 0 atom stereocenters. The van der Waals surface area contributed by atoms with Gasteiger partial charge in [0.15, 0.2) is 0 Å². The summed E-state index contributed by atoms with van der Waals surface area (Å²) in [5.41, 5.74) is 0.185. The maximum absolute atomic E-state index is 5.14. The summed E-state index contributed by atoms with van der Waals surface area (Å²) in [6, 6.07) is 0. The van der Waals surface area contributed by atoms with Gasteiger partial charge in [0.05, 0.1) is 7.11 Å². The Morgan fingerprint density at radius 3 is 2.09 bits per heavy atom. The highest BCUT2D eigenvalue weighted by atomic mass is 16.5. The van der Waals surface area contributed by atoms with Crippen LogP contribution in [0, 0.1) is 5.41 Å². The Morgan fingerprint density at radius 1 is 1.27 bits per heavy atom. The second-order valence-corrected chi connectivity index (χ2v) is 3.62. The Bertz CT molecular complexity index is 158. The zero-order valence-corrected chi connectivity index (χ0v) is 8.14. The predicted octanol–water partition coefficient (Wildman–Crippen LogP) is 3.14. The van der Waals surface area contributed by atoms with E-state index in [1.807, 2.05) is 19.1 Å². The van der Waals surface area contributed by atoms with Crippen molar-refractivity contribution in [3.05, 3.63) is 24.0 Å². The maximum atomic E-state index is 5.14. The molecule has 11 heavy (non-hydrogen) atoms. The molecule has 1 nitrogen and oxygen atoms in total. The topological polar surface area (TPSA) is 9.23 Å². The van der Waals surface area contributed by atoms with Gasteiger partial charge in [0.2, 0.25) is 0 Å². The lowest BCUT2D eigenvalue weighted by Crippen LogP contribution is -2.01. The Balaban J connectivity index is 4.35. The molecule has 0 aliphatic heterocycles. The molecule has 0 heterocycles. The normalized spacial score (nSPS) is 14.1. The van der Waals surface area contributed by atoms with Crippen molar-refractivity contribution in [1.29, 1.82) is 0 Å². The van der Waals surface area contributed by atoms with Gasteiger partial charge < -0.3 is 4.74 Å². The van der Waals surface area contributed by atoms with E-state index in [1.54, 1.807) is 7.11 Å². The Kier molecular flexibility index (Phi) is 3.94. The van der Waals surface area contributed by atoms with Gasteiger partial charge in [-0.25, -0.2) is 0 Å². The van der Waals surface area contributed by atoms with E-state index < -0.39 is 0 Å². The molecule has 0 bridgehead atoms. The van der Waals surface area contributed by atoms with Crippen molar-refractivity contribution in [2.75, 3.05) is 7.11 Å². The average molecular weight is 154 g/mol. The summed E-state index contributed by atoms with van der Waals surface area (Å²) in [5.74, 6) is 0.931. The quantitative estimate of drug-likeness (QED) is 0.438. The molecule has 0 aliphatic rings. The molecule has 1 heteroatoms. The van der Waals surface area contributed by atoms with E-state index in [1.165, 1.54) is 0 Å². The van der Waals surface area contributed by atoms with Crippen LogP contribution < -0.4 is 0 Å². The van der Waals surface area contributed by atoms with Crippen LogP contribution in [0.1, 0.15) is 27.7 Å². The lowest BCUT2D eigenvalue weighted by Gasteiger charge is -2.13. The maximum Gasteiger partial charge on any atom is 0.115 e. The van der Waals surface area contributed by atoms with Gasteiger partial charge in [-0.3, -0.25) is 0 Å². The van der Waals surface area contributed by atoms with Crippen molar-refractivity contribution in [1.82, 2.24) is 0 Å². The average Bonchev–Trinajstić information content (AvgIpc) is 1.84. The van der Waals surface area contributed by atoms with Crippen LogP contribution in [0.4, 0.5) is 0 Å². The van der Waals surface area contributed by atoms with E-state index in [4.69, 9.17) is 4.74 Å². The molecule has 0 aromatic rings. The van der Waals surface area contributed by atoms with Crippen LogP contribution in [-0.4, -0.2) is 7.11 Å². The number of allylic oxidation sites excluding steroid dienone is 3. The molecule has 0 aromatic carbocycles. The third kappa shape index (κ3) is 5.71. The minimum Gasteiger partial charge on any atom is -0.497 e. The molecule has 0 amide bonds. The van der Waals surface area contributed by atoms with Gasteiger partial charge in [0, 0.05) is 0 Å². The van der Waals surface area contributed by atoms with E-state index in [0.29, 0.717) is 0 Å². The Hall–Kier alpha value is -0.720. The van der Waals surface area contributed by atoms with Gasteiger partial charge in [0.25, 0.3) is 0 Å². The molecule has 64 valence electrons. The fourth-order valence-electron chi connectivity index (χ4n) is 0.766. The van der Waals surface area contributed by atoms with Gasteiger partial charge in [-0.1, -0.05) is 26.8 Å². The van der Waals surface area contributed by atoms with Crippen molar-refractivity contribution >= 4 is 0 Å². The molecule has 0 spiro atoms. The first kappa shape index (κ1) is 10.3. The first-order valence-corrected chi connectivity index (χ1v) is 3.89. The number of rotatable bonds is 2. The predicted molar refractivity (Wildman–Crippen MR) is 49.4 cm³/mol. The van der Waals surface area contributed by atoms with Crippen LogP contribution in [0.15, 0.2) is 24.0 Å². The molecule has 0 radical (unpaired) electrons. The van der Waals surface area contributed by atoms with Gasteiger partial charge in [-0.2, -0.15) is 0 Å². The second-order valence-electron chi connectivity index (χ2n) is 3.62. The molecule has 0 fully saturated rings. The van der Waals surface area contributed by atoms with Gasteiger partial charge in [0.1, 0.15) is 5.76 Å². The molecular formula is C10H18O. The lowest BCUT2D eigenvalue weighted by molar-refractivity contribution is 0.298. The zero-order chi connectivity index (χ0) is 8.91. The monoisotopic (exact) mass is 154 g/mol. The van der Waals surface area contributed by atoms with Gasteiger partial charge in [-0.05, 0) is 24.5 Å². The number of hydrogen-bond donors (Lipinski definition) is 0. The standard InChI is InChI=1S/C10H18O/c1-6-7-9(11-5)8-10(2,3)4/h6-8H,1-5H3. The van der Waals surface area contributed by atoms with E-state index in [-0.39, 0.29) is 5.41 Å². The van der Waals surface area contributed by atoms with Crippen LogP contribution in [0.2, 0.25) is 0 Å². The highest BCUT2D eigenvalue weighted by Crippen LogP contribution is 2.18. The fraction of sp³-hybridized carbons (Fsp3) is 0.600. The molecule has 0 unspecified atom stereocenters. The third-order valence-electron chi connectivity index (χ3n) is 1.14. The molecule has 0 saturated heterocycles. The summed E-state index contributed by atoms with van der Waals surface area (Å²) in [5, 5.41) is 0. The molecular weight excluding hydrogens is 136 g/mol. The fourth-order valence-corrected chi connectivity index (χ4v) is 0.766. The lowest BCUT2D eigenvalue weighted by atomic mass is 9.96. The second kappa shape index (κ2) is 4.22. The molecule has 0 rings (SSSR count). The summed E-state index contributed by atoms with van der Waals surface area (Å²) >= 11 is 0. The minimum atomic E-state index is 0.185. The summed E-state index contributed by atoms with van der Waals surface area (Å²) in [7, 11) is 1.69. The van der Waals surface area contributed by atoms with Crippen molar-refractivity contribution < 1.29 is 4.74 Å². The van der Waals surface area contributed by atoms with Crippen molar-refractivity contribution in [2.24, 2.45) is 5.41 Å². The number of hydrogen-bond acceptors (Lipinski definition) is 1. The smallest absolute Gasteiger partial charge is 0.115 e. The summed E-state index contributed by atoms with van der Waals surface area (Å²) in [6.45, 7) is 8.43. The van der Waals surface area contributed by atoms with E-state index in [9.17, 15) is 0 Å². The highest BCUT2D eigenvalue weighted by Gasteiger charge is 2.06. The van der Waals surface area contributed by atoms with Gasteiger partial charge >= 0.3 is 0 Å². The van der Waals surface area contributed by atoms with E-state index in [2.05, 4.69) is 26.8 Å². The number of methoxy groups -OCH3 is 1. The minimum absolute atomic E-state index is 0.185. The number of ether oxygens (including phenoxy) is 1. The van der Waals surface area contributed by atoms with E-state index >= 15 is 0 Å². The summed E-state index contributed by atoms with van der Waals surface area (Å²) in [4.78, 5) is 0. The van der Waals surface area contributed by atoms with Crippen LogP contribution in [0.3, 0.4) is 0 Å². The van der Waals surface area contributed by atoms with Gasteiger partial charge in [-0.15, -0.1) is 0 Å². The SMILES string of the molecule is CC=CC(=CC(C)(C)C)OC. The molecule has 0 aliphatic carbocycles. The zero-order valence-electron chi connectivity index (χ0n) is 8.14. The van der Waals surface area contributed by atoms with Crippen molar-refractivity contribution in [2.45, 2.75) is 27.7 Å². The largest absolute Gasteiger partial charge is 0.497 e. The Labute approximate surface area is 69.8 Å². The van der Waals surface area contributed by atoms with Crippen molar-refractivity contribution in [3.63, 3.8) is 0 Å². The molecule has 0 N–H and O–H groups in total. The van der Waals surface area contributed by atoms with E-state index in [0.717, 1.165) is 5.76 Å².